The first-order valence-corrected chi connectivity index (χ1v) is 8.32. The van der Waals surface area contributed by atoms with E-state index >= 15 is 0 Å². The fraction of sp³-hybridized carbons (Fsp3) is 0.0909. The van der Waals surface area contributed by atoms with Crippen LogP contribution in [0.4, 0.5) is 0 Å². The third-order valence-corrected chi connectivity index (χ3v) is 4.39. The van der Waals surface area contributed by atoms with E-state index in [-0.39, 0.29) is 29.6 Å². The van der Waals surface area contributed by atoms with E-state index in [4.69, 9.17) is 33.1 Å². The molecule has 0 aliphatic carbocycles. The molecule has 0 bridgehead atoms. The molecule has 2 rings (SSSR count). The molecule has 2 aromatic carbocycles. The molecule has 6 heteroatoms. The Balaban J connectivity index is 0.00000144. The molecule has 0 aromatic heterocycles. The van der Waals surface area contributed by atoms with Crippen molar-refractivity contribution in [3.63, 3.8) is 0 Å². The van der Waals surface area contributed by atoms with Gasteiger partial charge in [-0.25, -0.2) is 0 Å². The van der Waals surface area contributed by atoms with Crippen LogP contribution in [0, 0.1) is 0 Å². The smallest absolute Gasteiger partial charge is 0.678 e. The zero-order chi connectivity index (χ0) is 11.6. The summed E-state index contributed by atoms with van der Waals surface area (Å²) in [7, 11) is 1.49. The van der Waals surface area contributed by atoms with Gasteiger partial charge in [0, 0.05) is 12.5 Å². The predicted molar refractivity (Wildman–Crippen MR) is 73.2 cm³/mol. The van der Waals surface area contributed by atoms with Crippen molar-refractivity contribution in [1.82, 2.24) is 0 Å². The van der Waals surface area contributed by atoms with Crippen molar-refractivity contribution in [3.05, 3.63) is 42.5 Å². The Hall–Kier alpha value is 0.460. The van der Waals surface area contributed by atoms with Crippen LogP contribution in [0.2, 0.25) is 0 Å². The monoisotopic (exact) mass is 292 g/mol. The number of hydrogen-bond acceptors (Lipinski definition) is 4. The van der Waals surface area contributed by atoms with Gasteiger partial charge in [-0.1, -0.05) is 48.2 Å². The van der Waals surface area contributed by atoms with Crippen LogP contribution in [-0.4, -0.2) is 7.11 Å². The number of benzene rings is 2. The molecular formula is C11H10NaO2PS2. The predicted octanol–water partition coefficient (Wildman–Crippen LogP) is 0.640. The van der Waals surface area contributed by atoms with Gasteiger partial charge in [-0.15, -0.1) is 0 Å². The summed E-state index contributed by atoms with van der Waals surface area (Å²) in [5.74, 6) is 0.693. The molecule has 0 spiro atoms. The van der Waals surface area contributed by atoms with Crippen LogP contribution in [0.5, 0.6) is 5.75 Å². The number of fused-ring (bicyclic) bond motifs is 1. The van der Waals surface area contributed by atoms with E-state index in [0.29, 0.717) is 5.75 Å². The van der Waals surface area contributed by atoms with Crippen LogP contribution >= 0.6 is 5.69 Å². The molecule has 0 aliphatic heterocycles. The molecule has 0 amide bonds. The fourth-order valence-corrected chi connectivity index (χ4v) is 2.39. The van der Waals surface area contributed by atoms with Gasteiger partial charge in [0.1, 0.15) is 11.4 Å². The molecule has 1 unspecified atom stereocenters. The van der Waals surface area contributed by atoms with Crippen molar-refractivity contribution < 1.29 is 38.6 Å². The first kappa shape index (κ1) is 15.5. The summed E-state index contributed by atoms with van der Waals surface area (Å²) in [5.41, 5.74) is -2.58. The quantitative estimate of drug-likeness (QED) is 0.469. The van der Waals surface area contributed by atoms with E-state index in [1.807, 2.05) is 42.5 Å². The molecule has 2 nitrogen and oxygen atoms in total. The van der Waals surface area contributed by atoms with Crippen LogP contribution in [0.1, 0.15) is 0 Å². The van der Waals surface area contributed by atoms with Crippen molar-refractivity contribution in [2.75, 3.05) is 7.11 Å². The van der Waals surface area contributed by atoms with Gasteiger partial charge >= 0.3 is 29.6 Å². The first-order valence-electron chi connectivity index (χ1n) is 4.66. The van der Waals surface area contributed by atoms with Crippen molar-refractivity contribution in [3.8, 4) is 5.75 Å². The average Bonchev–Trinajstić information content (AvgIpc) is 2.29. The van der Waals surface area contributed by atoms with Crippen molar-refractivity contribution in [2.24, 2.45) is 0 Å². The van der Waals surface area contributed by atoms with Crippen molar-refractivity contribution >= 4 is 40.5 Å². The van der Waals surface area contributed by atoms with Crippen LogP contribution < -0.4 is 34.1 Å². The minimum absolute atomic E-state index is 0. The zero-order valence-electron chi connectivity index (χ0n) is 9.62. The Morgan fingerprint density at radius 1 is 1.12 bits per heavy atom. The molecule has 0 aliphatic rings. The maximum Gasteiger partial charge on any atom is 1.00 e. The molecule has 0 fully saturated rings. The maximum atomic E-state index is 5.58. The Bertz CT molecular complexity index is 557. The number of hydrogen-bond donors (Lipinski definition) is 0. The minimum atomic E-state index is -2.58. The SMILES string of the molecule is COP(=S)([S-])Oc1cccc2ccccc12.[Na+]. The van der Waals surface area contributed by atoms with Crippen LogP contribution in [0.3, 0.4) is 0 Å². The molecule has 0 heterocycles. The molecule has 0 N–H and O–H groups in total. The second-order valence-corrected chi connectivity index (χ2v) is 8.22. The molecule has 84 valence electrons. The Kier molecular flexibility index (Phi) is 6.00. The second-order valence-electron chi connectivity index (χ2n) is 3.20. The maximum absolute atomic E-state index is 5.58. The normalized spacial score (nSPS) is 13.8. The van der Waals surface area contributed by atoms with Crippen LogP contribution in [0.15, 0.2) is 42.5 Å². The van der Waals surface area contributed by atoms with Crippen molar-refractivity contribution in [2.45, 2.75) is 0 Å². The molecule has 0 saturated carbocycles. The van der Waals surface area contributed by atoms with Gasteiger partial charge in [0.05, 0.1) is 0 Å². The second kappa shape index (κ2) is 6.58. The van der Waals surface area contributed by atoms with E-state index in [1.54, 1.807) is 0 Å². The Labute approximate surface area is 133 Å². The summed E-state index contributed by atoms with van der Waals surface area (Å²) in [4.78, 5) is 0. The summed E-state index contributed by atoms with van der Waals surface area (Å²) in [5, 5.41) is 2.10. The van der Waals surface area contributed by atoms with Crippen molar-refractivity contribution in [1.29, 1.82) is 0 Å². The minimum Gasteiger partial charge on any atom is -0.678 e. The average molecular weight is 292 g/mol. The molecule has 1 atom stereocenters. The molecular weight excluding hydrogens is 282 g/mol. The summed E-state index contributed by atoms with van der Waals surface area (Å²) in [6.45, 7) is 0. The topological polar surface area (TPSA) is 18.5 Å². The Morgan fingerprint density at radius 2 is 1.76 bits per heavy atom. The van der Waals surface area contributed by atoms with Gasteiger partial charge in [-0.2, -0.15) is 0 Å². The molecule has 0 radical (unpaired) electrons. The number of rotatable bonds is 3. The molecule has 0 saturated heterocycles. The standard InChI is InChI=1S/C11H11O2PS2.Na/c1-12-14(15,16)13-11-8-4-6-9-5-2-3-7-10(9)11;/h2-8H,1H3,(H,15,16);/q;+1/p-1. The third kappa shape index (κ3) is 3.97. The van der Waals surface area contributed by atoms with E-state index in [9.17, 15) is 0 Å². The largest absolute Gasteiger partial charge is 1.00 e. The summed E-state index contributed by atoms with van der Waals surface area (Å²) >= 11 is 10.1. The van der Waals surface area contributed by atoms with E-state index in [1.165, 1.54) is 7.11 Å². The molecule has 17 heavy (non-hydrogen) atoms. The first-order chi connectivity index (χ1) is 7.62. The summed E-state index contributed by atoms with van der Waals surface area (Å²) in [6, 6.07) is 13.7. The van der Waals surface area contributed by atoms with Gasteiger partial charge in [0.25, 0.3) is 0 Å². The Morgan fingerprint density at radius 3 is 2.47 bits per heavy atom. The van der Waals surface area contributed by atoms with Gasteiger partial charge < -0.3 is 21.3 Å². The molecule has 2 aromatic rings. The third-order valence-electron chi connectivity index (χ3n) is 2.18. The summed E-state index contributed by atoms with van der Waals surface area (Å²) < 4.78 is 10.6. The van der Waals surface area contributed by atoms with Gasteiger partial charge in [0.2, 0.25) is 0 Å². The fourth-order valence-electron chi connectivity index (χ4n) is 1.43. The van der Waals surface area contributed by atoms with Gasteiger partial charge in [0.15, 0.2) is 0 Å². The zero-order valence-corrected chi connectivity index (χ0v) is 14.1. The summed E-state index contributed by atoms with van der Waals surface area (Å²) in [6.07, 6.45) is 0. The van der Waals surface area contributed by atoms with Crippen LogP contribution in [-0.2, 0) is 28.6 Å². The van der Waals surface area contributed by atoms with Crippen LogP contribution in [0.25, 0.3) is 10.8 Å². The van der Waals surface area contributed by atoms with E-state index in [0.717, 1.165) is 10.8 Å². The van der Waals surface area contributed by atoms with E-state index in [2.05, 4.69) is 0 Å². The van der Waals surface area contributed by atoms with Gasteiger partial charge in [-0.05, 0) is 11.5 Å². The van der Waals surface area contributed by atoms with Gasteiger partial charge in [-0.3, -0.25) is 0 Å². The van der Waals surface area contributed by atoms with E-state index < -0.39 is 5.69 Å².